The Balaban J connectivity index is 2.01. The van der Waals surface area contributed by atoms with Gasteiger partial charge in [-0.05, 0) is 61.7 Å². The van der Waals surface area contributed by atoms with Crippen LogP contribution in [0.5, 0.6) is 5.75 Å². The molecule has 0 saturated heterocycles. The third kappa shape index (κ3) is 3.90. The minimum absolute atomic E-state index is 0.277. The Labute approximate surface area is 169 Å². The number of ether oxygens (including phenoxy) is 1. The lowest BCUT2D eigenvalue weighted by molar-refractivity contribution is -0.136. The molecule has 0 atom stereocenters. The quantitative estimate of drug-likeness (QED) is 0.690. The molecule has 1 aliphatic rings. The third-order valence-corrected chi connectivity index (χ3v) is 4.78. The highest BCUT2D eigenvalue weighted by molar-refractivity contribution is 6.36. The maximum Gasteiger partial charge on any atom is 0.278 e. The summed E-state index contributed by atoms with van der Waals surface area (Å²) in [6.45, 7) is 6.66. The summed E-state index contributed by atoms with van der Waals surface area (Å²) in [5.74, 6) is 0.102. The van der Waals surface area contributed by atoms with Gasteiger partial charge in [-0.3, -0.25) is 14.5 Å². The number of amides is 2. The van der Waals surface area contributed by atoms with Crippen molar-refractivity contribution in [2.75, 3.05) is 18.5 Å². The summed E-state index contributed by atoms with van der Waals surface area (Å²) >= 11 is 6.03. The Morgan fingerprint density at radius 2 is 1.75 bits per heavy atom. The number of hydrogen-bond donors (Lipinski definition) is 1. The fraction of sp³-hybridized carbons (Fsp3) is 0.273. The van der Waals surface area contributed by atoms with E-state index in [1.807, 2.05) is 32.0 Å². The topological polar surface area (TPSA) is 58.6 Å². The van der Waals surface area contributed by atoms with Crippen molar-refractivity contribution in [2.24, 2.45) is 0 Å². The van der Waals surface area contributed by atoms with E-state index >= 15 is 0 Å². The molecular weight excluding hydrogens is 376 g/mol. The van der Waals surface area contributed by atoms with Crippen LogP contribution in [-0.2, 0) is 9.59 Å². The van der Waals surface area contributed by atoms with Gasteiger partial charge in [0.2, 0.25) is 0 Å². The molecule has 6 heteroatoms. The van der Waals surface area contributed by atoms with Crippen molar-refractivity contribution in [1.29, 1.82) is 0 Å². The second-order valence-electron chi connectivity index (χ2n) is 6.56. The van der Waals surface area contributed by atoms with Gasteiger partial charge < -0.3 is 10.1 Å². The first-order chi connectivity index (χ1) is 13.5. The zero-order valence-corrected chi connectivity index (χ0v) is 17.0. The van der Waals surface area contributed by atoms with E-state index in [1.165, 1.54) is 4.90 Å². The summed E-state index contributed by atoms with van der Waals surface area (Å²) in [6.07, 6.45) is 0.917. The van der Waals surface area contributed by atoms with E-state index in [-0.39, 0.29) is 17.5 Å². The molecule has 0 fully saturated rings. The molecule has 0 spiro atoms. The smallest absolute Gasteiger partial charge is 0.278 e. The highest BCUT2D eigenvalue weighted by atomic mass is 35.5. The highest BCUT2D eigenvalue weighted by Gasteiger charge is 2.38. The normalized spacial score (nSPS) is 14.1. The monoisotopic (exact) mass is 398 g/mol. The van der Waals surface area contributed by atoms with E-state index in [4.69, 9.17) is 16.3 Å². The molecule has 3 rings (SSSR count). The number of carbonyl (C=O) groups excluding carboxylic acids is 2. The molecule has 1 heterocycles. The van der Waals surface area contributed by atoms with Gasteiger partial charge in [-0.2, -0.15) is 0 Å². The van der Waals surface area contributed by atoms with Crippen LogP contribution in [-0.4, -0.2) is 29.9 Å². The summed E-state index contributed by atoms with van der Waals surface area (Å²) in [7, 11) is 0. The van der Waals surface area contributed by atoms with Crippen LogP contribution in [0.3, 0.4) is 0 Å². The number of imide groups is 1. The molecule has 146 valence electrons. The van der Waals surface area contributed by atoms with Gasteiger partial charge in [-0.15, -0.1) is 0 Å². The van der Waals surface area contributed by atoms with Gasteiger partial charge in [0.05, 0.1) is 12.2 Å². The number of rotatable bonds is 7. The minimum Gasteiger partial charge on any atom is -0.494 e. The standard InChI is InChI=1S/C22H23ClN2O3/c1-4-12-28-17-9-6-15(7-10-17)19-20(22(27)25(5-2)21(19)26)24-18-11-8-16(23)13-14(18)3/h6-11,13,24H,4-5,12H2,1-3H3. The van der Waals surface area contributed by atoms with Crippen molar-refractivity contribution in [1.82, 2.24) is 4.90 Å². The van der Waals surface area contributed by atoms with Gasteiger partial charge in [-0.1, -0.05) is 30.7 Å². The summed E-state index contributed by atoms with van der Waals surface area (Å²) in [6, 6.07) is 12.6. The number of carbonyl (C=O) groups is 2. The molecule has 1 N–H and O–H groups in total. The van der Waals surface area contributed by atoms with E-state index in [1.54, 1.807) is 31.2 Å². The van der Waals surface area contributed by atoms with Gasteiger partial charge in [0.15, 0.2) is 0 Å². The largest absolute Gasteiger partial charge is 0.494 e. The van der Waals surface area contributed by atoms with Crippen LogP contribution >= 0.6 is 11.6 Å². The van der Waals surface area contributed by atoms with Crippen LogP contribution in [0, 0.1) is 6.92 Å². The maximum absolute atomic E-state index is 12.9. The molecule has 1 aliphatic heterocycles. The summed E-state index contributed by atoms with van der Waals surface area (Å²) in [4.78, 5) is 27.0. The van der Waals surface area contributed by atoms with Crippen LogP contribution in [0.2, 0.25) is 5.02 Å². The zero-order chi connectivity index (χ0) is 20.3. The Hall–Kier alpha value is -2.79. The molecule has 0 radical (unpaired) electrons. The van der Waals surface area contributed by atoms with Crippen LogP contribution < -0.4 is 10.1 Å². The lowest BCUT2D eigenvalue weighted by Crippen LogP contribution is -2.32. The summed E-state index contributed by atoms with van der Waals surface area (Å²) in [5.41, 5.74) is 2.94. The summed E-state index contributed by atoms with van der Waals surface area (Å²) < 4.78 is 5.61. The number of benzene rings is 2. The molecule has 0 unspecified atom stereocenters. The maximum atomic E-state index is 12.9. The van der Waals surface area contributed by atoms with Crippen molar-refractivity contribution in [2.45, 2.75) is 27.2 Å². The molecule has 0 aromatic heterocycles. The molecule has 2 aromatic carbocycles. The van der Waals surface area contributed by atoms with Crippen LogP contribution in [0.4, 0.5) is 5.69 Å². The van der Waals surface area contributed by atoms with Crippen LogP contribution in [0.15, 0.2) is 48.2 Å². The molecule has 2 amide bonds. The molecule has 2 aromatic rings. The number of hydrogen-bond acceptors (Lipinski definition) is 4. The van der Waals surface area contributed by atoms with E-state index in [0.29, 0.717) is 29.3 Å². The molecular formula is C22H23ClN2O3. The third-order valence-electron chi connectivity index (χ3n) is 4.55. The SMILES string of the molecule is CCCOc1ccc(C2=C(Nc3ccc(Cl)cc3C)C(=O)N(CC)C2=O)cc1. The van der Waals surface area contributed by atoms with Crippen molar-refractivity contribution >= 4 is 34.7 Å². The first-order valence-electron chi connectivity index (χ1n) is 9.33. The zero-order valence-electron chi connectivity index (χ0n) is 16.2. The average molecular weight is 399 g/mol. The van der Waals surface area contributed by atoms with Gasteiger partial charge in [0.1, 0.15) is 11.4 Å². The average Bonchev–Trinajstić information content (AvgIpc) is 2.92. The fourth-order valence-corrected chi connectivity index (χ4v) is 3.31. The number of aryl methyl sites for hydroxylation is 1. The number of nitrogens with zero attached hydrogens (tertiary/aromatic N) is 1. The molecule has 5 nitrogen and oxygen atoms in total. The van der Waals surface area contributed by atoms with Crippen LogP contribution in [0.25, 0.3) is 5.57 Å². The Kier molecular flexibility index (Phi) is 6.05. The lowest BCUT2D eigenvalue weighted by atomic mass is 10.0. The Morgan fingerprint density at radius 3 is 2.36 bits per heavy atom. The van der Waals surface area contributed by atoms with E-state index in [0.717, 1.165) is 23.4 Å². The number of likely N-dealkylation sites (N-methyl/N-ethyl adjacent to an activating group) is 1. The molecule has 0 saturated carbocycles. The summed E-state index contributed by atoms with van der Waals surface area (Å²) in [5, 5.41) is 3.77. The van der Waals surface area contributed by atoms with Gasteiger partial charge >= 0.3 is 0 Å². The van der Waals surface area contributed by atoms with E-state index < -0.39 is 0 Å². The molecule has 28 heavy (non-hydrogen) atoms. The Morgan fingerprint density at radius 1 is 1.04 bits per heavy atom. The lowest BCUT2D eigenvalue weighted by Gasteiger charge is -2.13. The number of nitrogens with one attached hydrogen (secondary N) is 1. The van der Waals surface area contributed by atoms with Gasteiger partial charge in [0.25, 0.3) is 11.8 Å². The van der Waals surface area contributed by atoms with E-state index in [9.17, 15) is 9.59 Å². The second kappa shape index (κ2) is 8.48. The predicted molar refractivity (Wildman–Crippen MR) is 111 cm³/mol. The first-order valence-corrected chi connectivity index (χ1v) is 9.71. The highest BCUT2D eigenvalue weighted by Crippen LogP contribution is 2.32. The minimum atomic E-state index is -0.330. The van der Waals surface area contributed by atoms with Crippen LogP contribution in [0.1, 0.15) is 31.4 Å². The number of anilines is 1. The van der Waals surface area contributed by atoms with Gasteiger partial charge in [-0.25, -0.2) is 0 Å². The van der Waals surface area contributed by atoms with Crippen molar-refractivity contribution < 1.29 is 14.3 Å². The fourth-order valence-electron chi connectivity index (χ4n) is 3.09. The van der Waals surface area contributed by atoms with E-state index in [2.05, 4.69) is 5.32 Å². The second-order valence-corrected chi connectivity index (χ2v) is 7.00. The van der Waals surface area contributed by atoms with Gasteiger partial charge in [0, 0.05) is 17.3 Å². The molecule has 0 aliphatic carbocycles. The first kappa shape index (κ1) is 20.0. The predicted octanol–water partition coefficient (Wildman–Crippen LogP) is 4.65. The Bertz CT molecular complexity index is 935. The van der Waals surface area contributed by atoms with Crippen molar-refractivity contribution in [3.05, 3.63) is 64.3 Å². The van der Waals surface area contributed by atoms with Crippen molar-refractivity contribution in [3.63, 3.8) is 0 Å². The molecule has 0 bridgehead atoms. The van der Waals surface area contributed by atoms with Crippen molar-refractivity contribution in [3.8, 4) is 5.75 Å². The number of halogens is 1.